The number of tetrazole rings is 1. The third-order valence-corrected chi connectivity index (χ3v) is 4.32. The van der Waals surface area contributed by atoms with E-state index in [1.165, 1.54) is 11.8 Å². The molecule has 0 spiro atoms. The van der Waals surface area contributed by atoms with Crippen LogP contribution in [-0.4, -0.2) is 25.2 Å². The van der Waals surface area contributed by atoms with Crippen LogP contribution in [0.1, 0.15) is 5.69 Å². The van der Waals surface area contributed by atoms with E-state index in [9.17, 15) is 0 Å². The number of hydrogen-bond donors (Lipinski definition) is 0. The summed E-state index contributed by atoms with van der Waals surface area (Å²) < 4.78 is 7.26. The zero-order valence-corrected chi connectivity index (χ0v) is 13.4. The lowest BCUT2D eigenvalue weighted by Crippen LogP contribution is -1.98. The molecule has 0 aliphatic carbocycles. The monoisotopic (exact) mass is 335 g/mol. The van der Waals surface area contributed by atoms with Crippen LogP contribution in [0.2, 0.25) is 0 Å². The quantitative estimate of drug-likeness (QED) is 0.519. The van der Waals surface area contributed by atoms with E-state index >= 15 is 0 Å². The predicted octanol–water partition coefficient (Wildman–Crippen LogP) is 3.61. The Bertz CT molecular complexity index is 920. The van der Waals surface area contributed by atoms with Gasteiger partial charge in [0, 0.05) is 11.3 Å². The van der Waals surface area contributed by atoms with Crippen LogP contribution < -0.4 is 0 Å². The maximum absolute atomic E-state index is 5.55. The van der Waals surface area contributed by atoms with Crippen LogP contribution in [0.3, 0.4) is 0 Å². The highest BCUT2D eigenvalue weighted by atomic mass is 32.2. The van der Waals surface area contributed by atoms with Crippen molar-refractivity contribution in [1.82, 2.24) is 25.2 Å². The first kappa shape index (κ1) is 14.6. The summed E-state index contributed by atoms with van der Waals surface area (Å²) in [6.07, 6.45) is 1.67. The molecule has 2 aromatic heterocycles. The lowest BCUT2D eigenvalue weighted by molar-refractivity contribution is 0.573. The van der Waals surface area contributed by atoms with Gasteiger partial charge in [0.2, 0.25) is 11.0 Å². The SMILES string of the molecule is c1ccc(-c2nc(CSc3nnnn3-c3ccccc3)co2)cc1. The van der Waals surface area contributed by atoms with Crippen LogP contribution >= 0.6 is 11.8 Å². The summed E-state index contributed by atoms with van der Waals surface area (Å²) in [5, 5.41) is 12.6. The van der Waals surface area contributed by atoms with E-state index in [-0.39, 0.29) is 0 Å². The molecule has 7 heteroatoms. The average molecular weight is 335 g/mol. The molecule has 0 unspecified atom stereocenters. The maximum atomic E-state index is 5.55. The fourth-order valence-electron chi connectivity index (χ4n) is 2.23. The fraction of sp³-hybridized carbons (Fsp3) is 0.0588. The molecule has 0 saturated heterocycles. The second-order valence-electron chi connectivity index (χ2n) is 5.01. The summed E-state index contributed by atoms with van der Waals surface area (Å²) >= 11 is 1.51. The molecule has 0 fully saturated rings. The number of para-hydroxylation sites is 1. The minimum atomic E-state index is 0.619. The Morgan fingerprint density at radius 2 is 1.71 bits per heavy atom. The van der Waals surface area contributed by atoms with Gasteiger partial charge in [-0.15, -0.1) is 5.10 Å². The summed E-state index contributed by atoms with van der Waals surface area (Å²) in [5.41, 5.74) is 2.74. The third-order valence-electron chi connectivity index (χ3n) is 3.36. The first-order valence-corrected chi connectivity index (χ1v) is 8.35. The van der Waals surface area contributed by atoms with Crippen molar-refractivity contribution in [2.24, 2.45) is 0 Å². The number of hydrogen-bond acceptors (Lipinski definition) is 6. The maximum Gasteiger partial charge on any atom is 0.226 e. The van der Waals surface area contributed by atoms with Crippen molar-refractivity contribution in [3.63, 3.8) is 0 Å². The molecule has 0 atom stereocenters. The number of rotatable bonds is 5. The molecule has 0 saturated carbocycles. The minimum absolute atomic E-state index is 0.619. The van der Waals surface area contributed by atoms with Crippen molar-refractivity contribution < 1.29 is 4.42 Å². The highest BCUT2D eigenvalue weighted by molar-refractivity contribution is 7.98. The first-order valence-electron chi connectivity index (χ1n) is 7.36. The van der Waals surface area contributed by atoms with Crippen LogP contribution in [0.25, 0.3) is 17.1 Å². The lowest BCUT2D eigenvalue weighted by Gasteiger charge is -2.02. The summed E-state index contributed by atoms with van der Waals surface area (Å²) in [6, 6.07) is 19.6. The van der Waals surface area contributed by atoms with Gasteiger partial charge in [-0.05, 0) is 34.7 Å². The Labute approximate surface area is 142 Å². The first-order chi connectivity index (χ1) is 11.9. The van der Waals surface area contributed by atoms with Gasteiger partial charge in [0.25, 0.3) is 0 Å². The molecule has 2 heterocycles. The Kier molecular flexibility index (Phi) is 4.07. The van der Waals surface area contributed by atoms with E-state index in [0.29, 0.717) is 16.8 Å². The third kappa shape index (κ3) is 3.07. The standard InChI is InChI=1S/C17H13N5OS/c1-3-7-13(8-4-1)16-18-14(11-23-16)12-24-17-19-20-21-22(17)15-9-5-2-6-10-15/h1-11H,12H2. The van der Waals surface area contributed by atoms with Gasteiger partial charge in [0.15, 0.2) is 0 Å². The average Bonchev–Trinajstić information content (AvgIpc) is 3.31. The van der Waals surface area contributed by atoms with Gasteiger partial charge in [0.05, 0.1) is 11.4 Å². The molecule has 0 aliphatic heterocycles. The molecule has 4 aromatic rings. The van der Waals surface area contributed by atoms with Gasteiger partial charge in [-0.1, -0.05) is 48.2 Å². The molecule has 0 bridgehead atoms. The van der Waals surface area contributed by atoms with Crippen molar-refractivity contribution in [3.8, 4) is 17.1 Å². The highest BCUT2D eigenvalue weighted by Gasteiger charge is 2.11. The van der Waals surface area contributed by atoms with Gasteiger partial charge in [-0.2, -0.15) is 4.68 Å². The van der Waals surface area contributed by atoms with Gasteiger partial charge in [-0.25, -0.2) is 4.98 Å². The van der Waals surface area contributed by atoms with E-state index in [2.05, 4.69) is 20.5 Å². The molecule has 24 heavy (non-hydrogen) atoms. The zero-order chi connectivity index (χ0) is 16.2. The number of thioether (sulfide) groups is 1. The Hall–Kier alpha value is -2.93. The number of benzene rings is 2. The Morgan fingerprint density at radius 3 is 2.50 bits per heavy atom. The van der Waals surface area contributed by atoms with Crippen LogP contribution in [0.5, 0.6) is 0 Å². The topological polar surface area (TPSA) is 69.6 Å². The van der Waals surface area contributed by atoms with Gasteiger partial charge >= 0.3 is 0 Å². The summed E-state index contributed by atoms with van der Waals surface area (Å²) in [5.74, 6) is 1.25. The van der Waals surface area contributed by atoms with Gasteiger partial charge < -0.3 is 4.42 Å². The van der Waals surface area contributed by atoms with Crippen molar-refractivity contribution in [3.05, 3.63) is 72.6 Å². The van der Waals surface area contributed by atoms with Crippen molar-refractivity contribution in [1.29, 1.82) is 0 Å². The van der Waals surface area contributed by atoms with Crippen LogP contribution in [-0.2, 0) is 5.75 Å². The van der Waals surface area contributed by atoms with E-state index in [1.54, 1.807) is 10.9 Å². The molecular weight excluding hydrogens is 322 g/mol. The number of oxazole rings is 1. The second kappa shape index (κ2) is 6.67. The summed E-state index contributed by atoms with van der Waals surface area (Å²) in [4.78, 5) is 4.52. The molecule has 118 valence electrons. The molecule has 0 radical (unpaired) electrons. The van der Waals surface area contributed by atoms with E-state index < -0.39 is 0 Å². The molecule has 0 aliphatic rings. The van der Waals surface area contributed by atoms with E-state index in [4.69, 9.17) is 4.42 Å². The Balaban J connectivity index is 1.49. The molecular formula is C17H13N5OS. The van der Waals surface area contributed by atoms with E-state index in [0.717, 1.165) is 16.9 Å². The largest absolute Gasteiger partial charge is 0.444 e. The van der Waals surface area contributed by atoms with E-state index in [1.807, 2.05) is 60.7 Å². The van der Waals surface area contributed by atoms with Crippen LogP contribution in [0, 0.1) is 0 Å². The predicted molar refractivity (Wildman–Crippen MR) is 90.7 cm³/mol. The normalized spacial score (nSPS) is 10.8. The summed E-state index contributed by atoms with van der Waals surface area (Å²) in [6.45, 7) is 0. The fourth-order valence-corrected chi connectivity index (χ4v) is 2.99. The van der Waals surface area contributed by atoms with Crippen molar-refractivity contribution in [2.75, 3.05) is 0 Å². The number of nitrogens with zero attached hydrogens (tertiary/aromatic N) is 5. The highest BCUT2D eigenvalue weighted by Crippen LogP contribution is 2.24. The molecule has 6 nitrogen and oxygen atoms in total. The molecule has 0 N–H and O–H groups in total. The number of aromatic nitrogens is 5. The van der Waals surface area contributed by atoms with Gasteiger partial charge in [-0.3, -0.25) is 0 Å². The smallest absolute Gasteiger partial charge is 0.226 e. The summed E-state index contributed by atoms with van der Waals surface area (Å²) in [7, 11) is 0. The van der Waals surface area contributed by atoms with Crippen molar-refractivity contribution in [2.45, 2.75) is 10.9 Å². The molecule has 2 aromatic carbocycles. The molecule has 0 amide bonds. The Morgan fingerprint density at radius 1 is 0.958 bits per heavy atom. The zero-order valence-electron chi connectivity index (χ0n) is 12.6. The van der Waals surface area contributed by atoms with Crippen LogP contribution in [0.15, 0.2) is 76.5 Å². The van der Waals surface area contributed by atoms with Gasteiger partial charge in [0.1, 0.15) is 6.26 Å². The lowest BCUT2D eigenvalue weighted by atomic mass is 10.2. The minimum Gasteiger partial charge on any atom is -0.444 e. The van der Waals surface area contributed by atoms with Crippen LogP contribution in [0.4, 0.5) is 0 Å². The second-order valence-corrected chi connectivity index (χ2v) is 5.95. The molecule has 4 rings (SSSR count). The van der Waals surface area contributed by atoms with Crippen molar-refractivity contribution >= 4 is 11.8 Å².